The maximum atomic E-state index is 8.96. The van der Waals surface area contributed by atoms with Crippen LogP contribution in [-0.4, -0.2) is 38.7 Å². The number of nitrogen functional groups attached to an aromatic ring is 1. The van der Waals surface area contributed by atoms with Gasteiger partial charge in [0, 0.05) is 41.1 Å². The Morgan fingerprint density at radius 2 is 1.85 bits per heavy atom. The molecule has 1 fully saturated rings. The van der Waals surface area contributed by atoms with E-state index in [0.29, 0.717) is 17.1 Å². The third kappa shape index (κ3) is 3.62. The monoisotopic (exact) mass is 446 g/mol. The van der Waals surface area contributed by atoms with Crippen LogP contribution in [0.25, 0.3) is 32.9 Å². The summed E-state index contributed by atoms with van der Waals surface area (Å²) in [7, 11) is 0. The van der Waals surface area contributed by atoms with Crippen LogP contribution in [0.1, 0.15) is 29.8 Å². The summed E-state index contributed by atoms with van der Waals surface area (Å²) in [4.78, 5) is 15.1. The van der Waals surface area contributed by atoms with E-state index in [1.165, 1.54) is 18.4 Å². The van der Waals surface area contributed by atoms with Gasteiger partial charge in [0.15, 0.2) is 5.82 Å². The summed E-state index contributed by atoms with van der Waals surface area (Å²) >= 11 is 0. The molecule has 6 heteroatoms. The minimum atomic E-state index is 0.288. The number of nitrogens with two attached hydrogens (primary N) is 1. The molecule has 5 aromatic rings. The van der Waals surface area contributed by atoms with Gasteiger partial charge in [-0.3, -0.25) is 15.3 Å². The van der Waals surface area contributed by atoms with Gasteiger partial charge in [0.2, 0.25) is 0 Å². The highest BCUT2D eigenvalue weighted by Crippen LogP contribution is 2.31. The van der Waals surface area contributed by atoms with Crippen molar-refractivity contribution in [2.75, 3.05) is 18.8 Å². The fourth-order valence-electron chi connectivity index (χ4n) is 4.93. The lowest BCUT2D eigenvalue weighted by atomic mass is 9.97. The first kappa shape index (κ1) is 20.6. The van der Waals surface area contributed by atoms with E-state index in [0.717, 1.165) is 52.6 Å². The second-order valence-electron chi connectivity index (χ2n) is 8.97. The second-order valence-corrected chi connectivity index (χ2v) is 8.97. The van der Waals surface area contributed by atoms with Crippen LogP contribution in [0.3, 0.4) is 0 Å². The Labute approximate surface area is 198 Å². The molecular formula is C28H26N6. The van der Waals surface area contributed by atoms with Gasteiger partial charge in [-0.05, 0) is 60.6 Å². The molecule has 0 radical (unpaired) electrons. The average molecular weight is 447 g/mol. The van der Waals surface area contributed by atoms with Gasteiger partial charge < -0.3 is 10.7 Å². The largest absolute Gasteiger partial charge is 0.398 e. The molecule has 6 nitrogen and oxygen atoms in total. The maximum absolute atomic E-state index is 8.96. The minimum Gasteiger partial charge on any atom is -0.398 e. The smallest absolute Gasteiger partial charge is 0.157 e. The lowest BCUT2D eigenvalue weighted by Gasteiger charge is -2.14. The molecule has 1 saturated heterocycles. The van der Waals surface area contributed by atoms with Crippen molar-refractivity contribution in [3.05, 3.63) is 90.0 Å². The quantitative estimate of drug-likeness (QED) is 0.250. The fourth-order valence-corrected chi connectivity index (χ4v) is 4.93. The zero-order chi connectivity index (χ0) is 23.1. The summed E-state index contributed by atoms with van der Waals surface area (Å²) in [6, 6.07) is 20.2. The summed E-state index contributed by atoms with van der Waals surface area (Å²) in [5, 5.41) is 11.2. The van der Waals surface area contributed by atoms with Crippen LogP contribution in [0.4, 0.5) is 5.69 Å². The van der Waals surface area contributed by atoms with Gasteiger partial charge in [0.25, 0.3) is 0 Å². The molecule has 0 aliphatic carbocycles. The van der Waals surface area contributed by atoms with Crippen LogP contribution >= 0.6 is 0 Å². The Hall–Kier alpha value is -4.03. The number of H-pyrrole nitrogens is 1. The molecule has 4 N–H and O–H groups in total. The molecule has 0 saturated carbocycles. The van der Waals surface area contributed by atoms with Crippen molar-refractivity contribution < 1.29 is 0 Å². The second kappa shape index (κ2) is 8.39. The van der Waals surface area contributed by atoms with Gasteiger partial charge in [-0.15, -0.1) is 0 Å². The summed E-state index contributed by atoms with van der Waals surface area (Å²) < 4.78 is 0. The Bertz CT molecular complexity index is 1520. The molecule has 3 aromatic carbocycles. The standard InChI is InChI=1S/C28H26N6/c29-24-11-10-18(23-16-31-15-19-6-1-2-8-21(19)23)14-22(24)26(30)28-32-25-9-5-7-20(27(25)33-28)17-34-12-3-4-13-34/h1-2,5-11,14-16,30H,3-4,12-13,17,29H2,(H,32,33). The molecule has 0 spiro atoms. The summed E-state index contributed by atoms with van der Waals surface area (Å²) in [5.41, 5.74) is 12.9. The number of hydrogen-bond donors (Lipinski definition) is 3. The highest BCUT2D eigenvalue weighted by molar-refractivity contribution is 6.13. The van der Waals surface area contributed by atoms with E-state index in [1.807, 2.05) is 48.8 Å². The highest BCUT2D eigenvalue weighted by atomic mass is 15.1. The molecule has 168 valence electrons. The number of para-hydroxylation sites is 1. The molecule has 0 unspecified atom stereocenters. The Kier molecular flexibility index (Phi) is 5.08. The normalized spacial score (nSPS) is 14.2. The van der Waals surface area contributed by atoms with Gasteiger partial charge in [0.1, 0.15) is 5.71 Å². The van der Waals surface area contributed by atoms with Crippen LogP contribution < -0.4 is 5.73 Å². The molecule has 6 rings (SSSR count). The highest BCUT2D eigenvalue weighted by Gasteiger charge is 2.18. The number of rotatable bonds is 5. The van der Waals surface area contributed by atoms with Crippen LogP contribution in [0, 0.1) is 5.41 Å². The average Bonchev–Trinajstić information content (AvgIpc) is 3.54. The van der Waals surface area contributed by atoms with E-state index in [-0.39, 0.29) is 5.71 Å². The van der Waals surface area contributed by atoms with E-state index < -0.39 is 0 Å². The third-order valence-corrected chi connectivity index (χ3v) is 6.73. The van der Waals surface area contributed by atoms with Gasteiger partial charge >= 0.3 is 0 Å². The van der Waals surface area contributed by atoms with Crippen LogP contribution in [0.15, 0.2) is 73.1 Å². The third-order valence-electron chi connectivity index (χ3n) is 6.73. The van der Waals surface area contributed by atoms with Crippen molar-refractivity contribution in [2.24, 2.45) is 0 Å². The van der Waals surface area contributed by atoms with E-state index in [1.54, 1.807) is 0 Å². The molecule has 2 aromatic heterocycles. The maximum Gasteiger partial charge on any atom is 0.157 e. The van der Waals surface area contributed by atoms with Crippen LogP contribution in [-0.2, 0) is 6.54 Å². The first-order chi connectivity index (χ1) is 16.7. The number of likely N-dealkylation sites (tertiary alicyclic amines) is 1. The molecule has 34 heavy (non-hydrogen) atoms. The van der Waals surface area contributed by atoms with Crippen molar-refractivity contribution >= 4 is 33.2 Å². The van der Waals surface area contributed by atoms with E-state index in [4.69, 9.17) is 16.1 Å². The summed E-state index contributed by atoms with van der Waals surface area (Å²) in [5.74, 6) is 0.531. The Balaban J connectivity index is 1.39. The minimum absolute atomic E-state index is 0.288. The van der Waals surface area contributed by atoms with Crippen molar-refractivity contribution in [1.29, 1.82) is 5.41 Å². The number of aromatic amines is 1. The number of nitrogens with zero attached hydrogens (tertiary/aromatic N) is 3. The molecule has 0 bridgehead atoms. The van der Waals surface area contributed by atoms with Crippen molar-refractivity contribution in [3.63, 3.8) is 0 Å². The topological polar surface area (TPSA) is 94.7 Å². The van der Waals surface area contributed by atoms with Crippen molar-refractivity contribution in [2.45, 2.75) is 19.4 Å². The zero-order valence-corrected chi connectivity index (χ0v) is 18.9. The van der Waals surface area contributed by atoms with Gasteiger partial charge in [-0.2, -0.15) is 0 Å². The van der Waals surface area contributed by atoms with Crippen molar-refractivity contribution in [3.8, 4) is 11.1 Å². The number of aromatic nitrogens is 3. The van der Waals surface area contributed by atoms with Crippen LogP contribution in [0.2, 0.25) is 0 Å². The SMILES string of the molecule is N=C(c1nc2c(CN3CCCC3)cccc2[nH]1)c1cc(-c2cncc3ccccc23)ccc1N. The fraction of sp³-hybridized carbons (Fsp3) is 0.179. The summed E-state index contributed by atoms with van der Waals surface area (Å²) in [6.45, 7) is 3.16. The van der Waals surface area contributed by atoms with Crippen LogP contribution in [0.5, 0.6) is 0 Å². The number of nitrogens with one attached hydrogen (secondary N) is 2. The Morgan fingerprint density at radius 3 is 2.74 bits per heavy atom. The number of pyridine rings is 1. The molecular weight excluding hydrogens is 420 g/mol. The Morgan fingerprint density at radius 1 is 1.00 bits per heavy atom. The first-order valence-electron chi connectivity index (χ1n) is 11.7. The molecule has 3 heterocycles. The van der Waals surface area contributed by atoms with Crippen molar-refractivity contribution in [1.82, 2.24) is 19.9 Å². The number of benzene rings is 3. The lowest BCUT2D eigenvalue weighted by molar-refractivity contribution is 0.332. The van der Waals surface area contributed by atoms with Gasteiger partial charge in [0.05, 0.1) is 11.0 Å². The molecule has 0 atom stereocenters. The summed E-state index contributed by atoms with van der Waals surface area (Å²) in [6.07, 6.45) is 6.25. The number of hydrogen-bond acceptors (Lipinski definition) is 5. The van der Waals surface area contributed by atoms with E-state index >= 15 is 0 Å². The number of anilines is 1. The zero-order valence-electron chi connectivity index (χ0n) is 18.9. The number of fused-ring (bicyclic) bond motifs is 2. The van der Waals surface area contributed by atoms with E-state index in [9.17, 15) is 0 Å². The molecule has 0 amide bonds. The number of imidazole rings is 1. The predicted octanol–water partition coefficient (Wildman–Crippen LogP) is 5.37. The molecule has 1 aliphatic rings. The van der Waals surface area contributed by atoms with E-state index in [2.05, 4.69) is 39.1 Å². The lowest BCUT2D eigenvalue weighted by Crippen LogP contribution is -2.18. The predicted molar refractivity (Wildman–Crippen MR) is 138 cm³/mol. The first-order valence-corrected chi connectivity index (χ1v) is 11.7. The molecule has 1 aliphatic heterocycles. The van der Waals surface area contributed by atoms with Gasteiger partial charge in [-0.1, -0.05) is 42.5 Å². The van der Waals surface area contributed by atoms with Gasteiger partial charge in [-0.25, -0.2) is 4.98 Å².